The van der Waals surface area contributed by atoms with E-state index in [9.17, 15) is 4.79 Å². The molecule has 1 amide bonds. The number of amides is 1. The minimum absolute atomic E-state index is 0.183. The number of carbonyl (C=O) groups excluding carboxylic acids is 1. The van der Waals surface area contributed by atoms with Crippen LogP contribution in [-0.2, 0) is 16.1 Å². The van der Waals surface area contributed by atoms with Gasteiger partial charge in [-0.15, -0.1) is 6.58 Å². The lowest BCUT2D eigenvalue weighted by Crippen LogP contribution is -2.32. The molecule has 0 atom stereocenters. The van der Waals surface area contributed by atoms with Gasteiger partial charge < -0.3 is 0 Å². The molecule has 0 saturated carbocycles. The first kappa shape index (κ1) is 15.5. The van der Waals surface area contributed by atoms with Gasteiger partial charge in [-0.25, -0.2) is 0 Å². The van der Waals surface area contributed by atoms with E-state index >= 15 is 0 Å². The van der Waals surface area contributed by atoms with Gasteiger partial charge in [-0.3, -0.25) is 9.63 Å². The standard InChI is InChI=1S/C18H16N2O2/c1-2-12-22-20(17-10-8-16(14-19)9-11-17)18(21)13-15-6-4-3-5-7-15/h2-11H,1,12-13H2. The first-order chi connectivity index (χ1) is 10.7. The van der Waals surface area contributed by atoms with Crippen LogP contribution in [0.25, 0.3) is 0 Å². The highest BCUT2D eigenvalue weighted by Gasteiger charge is 2.17. The van der Waals surface area contributed by atoms with E-state index in [4.69, 9.17) is 10.1 Å². The Bertz CT molecular complexity index is 672. The number of carbonyl (C=O) groups is 1. The maximum Gasteiger partial charge on any atom is 0.255 e. The molecule has 0 spiro atoms. The summed E-state index contributed by atoms with van der Waals surface area (Å²) in [5.74, 6) is -0.183. The third kappa shape index (κ3) is 4.05. The molecular weight excluding hydrogens is 276 g/mol. The minimum atomic E-state index is -0.183. The number of rotatable bonds is 6. The predicted molar refractivity (Wildman–Crippen MR) is 84.9 cm³/mol. The topological polar surface area (TPSA) is 53.3 Å². The molecular formula is C18H16N2O2. The summed E-state index contributed by atoms with van der Waals surface area (Å²) < 4.78 is 0. The second-order valence-electron chi connectivity index (χ2n) is 4.59. The van der Waals surface area contributed by atoms with E-state index in [0.29, 0.717) is 11.3 Å². The summed E-state index contributed by atoms with van der Waals surface area (Å²) in [4.78, 5) is 17.9. The van der Waals surface area contributed by atoms with E-state index in [1.165, 1.54) is 5.06 Å². The average molecular weight is 292 g/mol. The second kappa shape index (κ2) is 7.77. The van der Waals surface area contributed by atoms with Crippen molar-refractivity contribution in [2.75, 3.05) is 11.7 Å². The van der Waals surface area contributed by atoms with Gasteiger partial charge in [0.1, 0.15) is 0 Å². The van der Waals surface area contributed by atoms with Gasteiger partial charge in [-0.2, -0.15) is 10.3 Å². The van der Waals surface area contributed by atoms with E-state index in [0.717, 1.165) is 5.56 Å². The molecule has 2 aromatic carbocycles. The largest absolute Gasteiger partial charge is 0.272 e. The van der Waals surface area contributed by atoms with Crippen molar-refractivity contribution >= 4 is 11.6 Å². The van der Waals surface area contributed by atoms with Crippen LogP contribution in [0.3, 0.4) is 0 Å². The Labute approximate surface area is 129 Å². The van der Waals surface area contributed by atoms with Crippen molar-refractivity contribution in [1.82, 2.24) is 0 Å². The molecule has 2 aromatic rings. The van der Waals surface area contributed by atoms with Crippen LogP contribution in [0.5, 0.6) is 0 Å². The molecule has 0 heterocycles. The molecule has 0 saturated heterocycles. The second-order valence-corrected chi connectivity index (χ2v) is 4.59. The molecule has 22 heavy (non-hydrogen) atoms. The number of nitriles is 1. The monoisotopic (exact) mass is 292 g/mol. The quantitative estimate of drug-likeness (QED) is 0.606. The highest BCUT2D eigenvalue weighted by molar-refractivity contribution is 5.92. The molecule has 0 fully saturated rings. The summed E-state index contributed by atoms with van der Waals surface area (Å²) >= 11 is 0. The minimum Gasteiger partial charge on any atom is -0.272 e. The van der Waals surface area contributed by atoms with Gasteiger partial charge >= 0.3 is 0 Å². The SMILES string of the molecule is C=CCON(C(=O)Cc1ccccc1)c1ccc(C#N)cc1. The number of benzene rings is 2. The van der Waals surface area contributed by atoms with Gasteiger partial charge in [0, 0.05) is 0 Å². The normalized spacial score (nSPS) is 9.77. The van der Waals surface area contributed by atoms with E-state index < -0.39 is 0 Å². The van der Waals surface area contributed by atoms with Gasteiger partial charge in [0.2, 0.25) is 0 Å². The first-order valence-corrected chi connectivity index (χ1v) is 6.85. The maximum absolute atomic E-state index is 12.5. The Morgan fingerprint density at radius 3 is 2.45 bits per heavy atom. The number of hydroxylamine groups is 1. The zero-order valence-corrected chi connectivity index (χ0v) is 12.1. The fourth-order valence-corrected chi connectivity index (χ4v) is 1.93. The summed E-state index contributed by atoms with van der Waals surface area (Å²) in [6.07, 6.45) is 1.81. The first-order valence-electron chi connectivity index (χ1n) is 6.85. The maximum atomic E-state index is 12.5. The van der Waals surface area contributed by atoms with Crippen LogP contribution in [-0.4, -0.2) is 12.5 Å². The third-order valence-corrected chi connectivity index (χ3v) is 2.98. The van der Waals surface area contributed by atoms with Crippen molar-refractivity contribution in [1.29, 1.82) is 5.26 Å². The summed E-state index contributed by atoms with van der Waals surface area (Å²) in [7, 11) is 0. The Kier molecular flexibility index (Phi) is 5.47. The molecule has 0 aromatic heterocycles. The van der Waals surface area contributed by atoms with Crippen molar-refractivity contribution in [2.24, 2.45) is 0 Å². The fraction of sp³-hybridized carbons (Fsp3) is 0.111. The average Bonchev–Trinajstić information content (AvgIpc) is 2.56. The Hall–Kier alpha value is -2.90. The molecule has 0 aliphatic rings. The number of hydrogen-bond donors (Lipinski definition) is 0. The Balaban J connectivity index is 2.19. The van der Waals surface area contributed by atoms with Crippen molar-refractivity contribution in [3.63, 3.8) is 0 Å². The van der Waals surface area contributed by atoms with Gasteiger partial charge in [-0.1, -0.05) is 36.4 Å². The number of nitrogens with zero attached hydrogens (tertiary/aromatic N) is 2. The molecule has 0 unspecified atom stereocenters. The summed E-state index contributed by atoms with van der Waals surface area (Å²) in [6, 6.07) is 18.2. The van der Waals surface area contributed by atoms with Crippen LogP contribution in [0.1, 0.15) is 11.1 Å². The summed E-state index contributed by atoms with van der Waals surface area (Å²) in [6.45, 7) is 3.81. The zero-order valence-electron chi connectivity index (χ0n) is 12.1. The molecule has 4 nitrogen and oxygen atoms in total. The molecule has 2 rings (SSSR count). The lowest BCUT2D eigenvalue weighted by molar-refractivity contribution is -0.124. The summed E-state index contributed by atoms with van der Waals surface area (Å²) in [5, 5.41) is 10.1. The van der Waals surface area contributed by atoms with E-state index in [1.54, 1.807) is 30.3 Å². The molecule has 0 aliphatic heterocycles. The molecule has 0 aliphatic carbocycles. The highest BCUT2D eigenvalue weighted by atomic mass is 16.7. The lowest BCUT2D eigenvalue weighted by Gasteiger charge is -2.21. The number of hydrogen-bond acceptors (Lipinski definition) is 3. The van der Waals surface area contributed by atoms with E-state index in [1.807, 2.05) is 36.4 Å². The van der Waals surface area contributed by atoms with Crippen LogP contribution in [0.2, 0.25) is 0 Å². The van der Waals surface area contributed by atoms with Crippen LogP contribution in [0.4, 0.5) is 5.69 Å². The molecule has 4 heteroatoms. The van der Waals surface area contributed by atoms with Crippen LogP contribution in [0.15, 0.2) is 67.3 Å². The van der Waals surface area contributed by atoms with Gasteiger partial charge in [0.05, 0.1) is 30.3 Å². The van der Waals surface area contributed by atoms with Crippen molar-refractivity contribution in [3.8, 4) is 6.07 Å². The van der Waals surface area contributed by atoms with Crippen LogP contribution >= 0.6 is 0 Å². The Morgan fingerprint density at radius 2 is 1.86 bits per heavy atom. The van der Waals surface area contributed by atoms with Crippen molar-refractivity contribution in [2.45, 2.75) is 6.42 Å². The van der Waals surface area contributed by atoms with E-state index in [-0.39, 0.29) is 18.9 Å². The zero-order chi connectivity index (χ0) is 15.8. The fourth-order valence-electron chi connectivity index (χ4n) is 1.93. The highest BCUT2D eigenvalue weighted by Crippen LogP contribution is 2.17. The van der Waals surface area contributed by atoms with E-state index in [2.05, 4.69) is 6.58 Å². The van der Waals surface area contributed by atoms with Gasteiger partial charge in [0.15, 0.2) is 0 Å². The van der Waals surface area contributed by atoms with Crippen molar-refractivity contribution < 1.29 is 9.63 Å². The van der Waals surface area contributed by atoms with Gasteiger partial charge in [0.25, 0.3) is 5.91 Å². The third-order valence-electron chi connectivity index (χ3n) is 2.98. The summed E-state index contributed by atoms with van der Waals surface area (Å²) in [5.41, 5.74) is 2.03. The number of anilines is 1. The van der Waals surface area contributed by atoms with Crippen LogP contribution in [0, 0.1) is 11.3 Å². The Morgan fingerprint density at radius 1 is 1.18 bits per heavy atom. The smallest absolute Gasteiger partial charge is 0.255 e. The van der Waals surface area contributed by atoms with Gasteiger partial charge in [-0.05, 0) is 29.8 Å². The van der Waals surface area contributed by atoms with Crippen molar-refractivity contribution in [3.05, 3.63) is 78.4 Å². The molecule has 110 valence electrons. The predicted octanol–water partition coefficient (Wildman–Crippen LogP) is 3.25. The van der Waals surface area contributed by atoms with Crippen LogP contribution < -0.4 is 5.06 Å². The molecule has 0 radical (unpaired) electrons. The lowest BCUT2D eigenvalue weighted by atomic mass is 10.1. The molecule has 0 N–H and O–H groups in total. The molecule has 0 bridgehead atoms.